The number of rotatable bonds is 6. The van der Waals surface area contributed by atoms with E-state index in [1.807, 2.05) is 13.0 Å². The summed E-state index contributed by atoms with van der Waals surface area (Å²) in [5, 5.41) is 3.26. The third-order valence-corrected chi connectivity index (χ3v) is 2.82. The fourth-order valence-electron chi connectivity index (χ4n) is 1.74. The maximum atomic E-state index is 12.6. The fourth-order valence-corrected chi connectivity index (χ4v) is 1.74. The van der Waals surface area contributed by atoms with E-state index in [9.17, 15) is 13.2 Å². The Kier molecular flexibility index (Phi) is 6.09. The zero-order valence-corrected chi connectivity index (χ0v) is 11.3. The summed E-state index contributed by atoms with van der Waals surface area (Å²) in [4.78, 5) is 0. The Hall–Kier alpha value is -1.29. The summed E-state index contributed by atoms with van der Waals surface area (Å²) in [5.74, 6) is 0. The van der Waals surface area contributed by atoms with Gasteiger partial charge in [-0.05, 0) is 37.1 Å². The molecule has 0 spiro atoms. The molecule has 0 atom stereocenters. The molecule has 1 rings (SSSR count). The lowest BCUT2D eigenvalue weighted by Crippen LogP contribution is -2.17. The second kappa shape index (κ2) is 7.34. The summed E-state index contributed by atoms with van der Waals surface area (Å²) in [6.45, 7) is 5.72. The maximum Gasteiger partial charge on any atom is 0.416 e. The molecule has 1 aromatic carbocycles. The van der Waals surface area contributed by atoms with E-state index in [2.05, 4.69) is 12.2 Å². The predicted octanol–water partition coefficient (Wildman–Crippen LogP) is 4.50. The number of nitrogens with one attached hydrogen (secondary N) is 1. The van der Waals surface area contributed by atoms with Gasteiger partial charge in [0.1, 0.15) is 0 Å². The molecule has 0 saturated heterocycles. The van der Waals surface area contributed by atoms with Gasteiger partial charge in [0.25, 0.3) is 0 Å². The van der Waals surface area contributed by atoms with Crippen LogP contribution in [0.2, 0.25) is 0 Å². The van der Waals surface area contributed by atoms with Crippen molar-refractivity contribution in [2.24, 2.45) is 0 Å². The van der Waals surface area contributed by atoms with Crippen molar-refractivity contribution in [1.29, 1.82) is 0 Å². The molecule has 0 unspecified atom stereocenters. The molecule has 1 nitrogen and oxygen atoms in total. The van der Waals surface area contributed by atoms with Crippen LogP contribution >= 0.6 is 0 Å². The van der Waals surface area contributed by atoms with Gasteiger partial charge >= 0.3 is 6.18 Å². The Balaban J connectivity index is 2.83. The van der Waals surface area contributed by atoms with Gasteiger partial charge in [-0.3, -0.25) is 0 Å². The Bertz CT molecular complexity index is 422. The monoisotopic (exact) mass is 271 g/mol. The van der Waals surface area contributed by atoms with Crippen LogP contribution in [-0.2, 0) is 6.18 Å². The summed E-state index contributed by atoms with van der Waals surface area (Å²) >= 11 is 0. The van der Waals surface area contributed by atoms with Gasteiger partial charge in [-0.15, -0.1) is 0 Å². The van der Waals surface area contributed by atoms with Crippen molar-refractivity contribution in [2.45, 2.75) is 32.9 Å². The zero-order valence-electron chi connectivity index (χ0n) is 11.3. The van der Waals surface area contributed by atoms with Crippen LogP contribution in [0.3, 0.4) is 0 Å². The molecular formula is C15H20F3N. The van der Waals surface area contributed by atoms with Crippen LogP contribution in [0, 0.1) is 0 Å². The molecule has 0 saturated carbocycles. The van der Waals surface area contributed by atoms with Gasteiger partial charge in [0.05, 0.1) is 5.56 Å². The Morgan fingerprint density at radius 2 is 2.00 bits per heavy atom. The molecule has 1 N–H and O–H groups in total. The van der Waals surface area contributed by atoms with Crippen molar-refractivity contribution in [3.05, 3.63) is 41.0 Å². The topological polar surface area (TPSA) is 12.0 Å². The van der Waals surface area contributed by atoms with E-state index in [1.165, 1.54) is 12.1 Å². The third kappa shape index (κ3) is 5.47. The molecular weight excluding hydrogens is 251 g/mol. The van der Waals surface area contributed by atoms with Crippen LogP contribution in [0.1, 0.15) is 37.8 Å². The van der Waals surface area contributed by atoms with E-state index in [1.54, 1.807) is 6.07 Å². The van der Waals surface area contributed by atoms with E-state index in [-0.39, 0.29) is 0 Å². The van der Waals surface area contributed by atoms with Crippen molar-refractivity contribution < 1.29 is 13.2 Å². The van der Waals surface area contributed by atoms with Crippen molar-refractivity contribution in [2.75, 3.05) is 13.1 Å². The quantitative estimate of drug-likeness (QED) is 0.751. The van der Waals surface area contributed by atoms with Gasteiger partial charge < -0.3 is 5.32 Å². The molecule has 4 heteroatoms. The minimum absolute atomic E-state index is 0.599. The van der Waals surface area contributed by atoms with E-state index in [4.69, 9.17) is 0 Å². The lowest BCUT2D eigenvalue weighted by Gasteiger charge is -2.09. The second-order valence-electron chi connectivity index (χ2n) is 4.46. The van der Waals surface area contributed by atoms with Crippen LogP contribution in [0.4, 0.5) is 13.2 Å². The van der Waals surface area contributed by atoms with Crippen molar-refractivity contribution in [3.8, 4) is 0 Å². The predicted molar refractivity (Wildman–Crippen MR) is 72.9 cm³/mol. The summed E-state index contributed by atoms with van der Waals surface area (Å²) in [6, 6.07) is 5.43. The average molecular weight is 271 g/mol. The number of hydrogen-bond donors (Lipinski definition) is 1. The molecule has 106 valence electrons. The van der Waals surface area contributed by atoms with Gasteiger partial charge in [0, 0.05) is 6.54 Å². The molecule has 0 aromatic heterocycles. The highest BCUT2D eigenvalue weighted by atomic mass is 19.4. The van der Waals surface area contributed by atoms with Crippen LogP contribution in [0.25, 0.3) is 6.08 Å². The minimum atomic E-state index is -4.28. The molecule has 0 bridgehead atoms. The van der Waals surface area contributed by atoms with Gasteiger partial charge in [0.2, 0.25) is 0 Å². The SMILES string of the molecule is CCCNCC(=Cc1cccc(C(F)(F)F)c1)CC. The van der Waals surface area contributed by atoms with Gasteiger partial charge in [-0.1, -0.05) is 37.6 Å². The molecule has 0 aliphatic rings. The highest BCUT2D eigenvalue weighted by molar-refractivity contribution is 5.54. The fraction of sp³-hybridized carbons (Fsp3) is 0.467. The van der Waals surface area contributed by atoms with Crippen LogP contribution in [0.15, 0.2) is 29.8 Å². The first-order chi connectivity index (χ1) is 8.97. The molecule has 1 aromatic rings. The summed E-state index contributed by atoms with van der Waals surface area (Å²) in [5.41, 5.74) is 1.11. The van der Waals surface area contributed by atoms with E-state index in [0.29, 0.717) is 5.56 Å². The normalized spacial score (nSPS) is 12.8. The highest BCUT2D eigenvalue weighted by Crippen LogP contribution is 2.30. The first kappa shape index (κ1) is 15.8. The van der Waals surface area contributed by atoms with Crippen LogP contribution in [-0.4, -0.2) is 13.1 Å². The maximum absolute atomic E-state index is 12.6. The van der Waals surface area contributed by atoms with Crippen molar-refractivity contribution in [3.63, 3.8) is 0 Å². The largest absolute Gasteiger partial charge is 0.416 e. The molecule has 0 amide bonds. The van der Waals surface area contributed by atoms with E-state index >= 15 is 0 Å². The minimum Gasteiger partial charge on any atom is -0.313 e. The number of alkyl halides is 3. The first-order valence-corrected chi connectivity index (χ1v) is 6.54. The summed E-state index contributed by atoms with van der Waals surface area (Å²) in [6.07, 6.45) is -0.581. The van der Waals surface area contributed by atoms with Gasteiger partial charge in [-0.25, -0.2) is 0 Å². The highest BCUT2D eigenvalue weighted by Gasteiger charge is 2.30. The van der Waals surface area contributed by atoms with Gasteiger partial charge in [0.15, 0.2) is 0 Å². The molecule has 19 heavy (non-hydrogen) atoms. The third-order valence-electron chi connectivity index (χ3n) is 2.82. The van der Waals surface area contributed by atoms with Crippen molar-refractivity contribution >= 4 is 6.08 Å². The van der Waals surface area contributed by atoms with Crippen molar-refractivity contribution in [1.82, 2.24) is 5.32 Å². The Morgan fingerprint density at radius 1 is 1.26 bits per heavy atom. The smallest absolute Gasteiger partial charge is 0.313 e. The van der Waals surface area contributed by atoms with E-state index in [0.717, 1.165) is 37.6 Å². The Labute approximate surface area is 112 Å². The summed E-state index contributed by atoms with van der Waals surface area (Å²) in [7, 11) is 0. The number of benzene rings is 1. The first-order valence-electron chi connectivity index (χ1n) is 6.54. The van der Waals surface area contributed by atoms with Crippen LogP contribution < -0.4 is 5.32 Å². The Morgan fingerprint density at radius 3 is 2.58 bits per heavy atom. The lowest BCUT2D eigenvalue weighted by molar-refractivity contribution is -0.137. The second-order valence-corrected chi connectivity index (χ2v) is 4.46. The molecule has 0 aliphatic heterocycles. The standard InChI is InChI=1S/C15H20F3N/c1-3-8-19-11-12(4-2)9-13-6-5-7-14(10-13)15(16,17)18/h5-7,9-10,19H,3-4,8,11H2,1-2H3. The zero-order chi connectivity index (χ0) is 14.3. The number of halogens is 3. The van der Waals surface area contributed by atoms with E-state index < -0.39 is 11.7 Å². The average Bonchev–Trinajstić information content (AvgIpc) is 2.37. The molecule has 0 fully saturated rings. The molecule has 0 heterocycles. The summed E-state index contributed by atoms with van der Waals surface area (Å²) < 4.78 is 37.8. The molecule has 0 aliphatic carbocycles. The van der Waals surface area contributed by atoms with Gasteiger partial charge in [-0.2, -0.15) is 13.2 Å². The van der Waals surface area contributed by atoms with Crippen LogP contribution in [0.5, 0.6) is 0 Å². The number of hydrogen-bond acceptors (Lipinski definition) is 1. The molecule has 0 radical (unpaired) electrons. The lowest BCUT2D eigenvalue weighted by atomic mass is 10.1.